The summed E-state index contributed by atoms with van der Waals surface area (Å²) in [6.45, 7) is 8.26. The third kappa shape index (κ3) is 6.05. The Morgan fingerprint density at radius 1 is 0.941 bits per heavy atom. The van der Waals surface area contributed by atoms with Crippen LogP contribution < -0.4 is 5.32 Å². The Kier molecular flexibility index (Phi) is 8.03. The van der Waals surface area contributed by atoms with E-state index in [0.717, 1.165) is 44.5 Å². The molecule has 0 saturated carbocycles. The molecular weight excluding hydrogens is 450 g/mol. The second-order valence-electron chi connectivity index (χ2n) is 9.41. The Bertz CT molecular complexity index is 1070. The zero-order chi connectivity index (χ0) is 24.1. The number of nitrogens with one attached hydrogen (secondary N) is 1. The summed E-state index contributed by atoms with van der Waals surface area (Å²) in [6.07, 6.45) is 3.22. The number of ether oxygens (including phenoxy) is 1. The summed E-state index contributed by atoms with van der Waals surface area (Å²) in [7, 11) is -3.69. The molecule has 0 aliphatic carbocycles. The average Bonchev–Trinajstić information content (AvgIpc) is 2.83. The molecule has 184 valence electrons. The van der Waals surface area contributed by atoms with Gasteiger partial charge in [-0.05, 0) is 49.9 Å². The lowest BCUT2D eigenvalue weighted by Gasteiger charge is -2.35. The summed E-state index contributed by atoms with van der Waals surface area (Å²) < 4.78 is 33.6. The molecule has 2 aliphatic rings. The fourth-order valence-corrected chi connectivity index (χ4v) is 6.54. The molecule has 4 rings (SSSR count). The van der Waals surface area contributed by atoms with Crippen LogP contribution in [0.25, 0.3) is 0 Å². The van der Waals surface area contributed by atoms with Gasteiger partial charge in [0.1, 0.15) is 0 Å². The van der Waals surface area contributed by atoms with Crippen LogP contribution >= 0.6 is 0 Å². The number of carbonyl (C=O) groups excluding carboxylic acids is 1. The number of morpholine rings is 1. The van der Waals surface area contributed by atoms with Crippen molar-refractivity contribution < 1.29 is 17.9 Å². The molecule has 34 heavy (non-hydrogen) atoms. The number of carbonyl (C=O) groups is 1. The van der Waals surface area contributed by atoms with Crippen LogP contribution in [0.2, 0.25) is 0 Å². The summed E-state index contributed by atoms with van der Waals surface area (Å²) in [4.78, 5) is 15.4. The lowest BCUT2D eigenvalue weighted by molar-refractivity contribution is -0.0704. The number of hydrogen-bond acceptors (Lipinski definition) is 5. The van der Waals surface area contributed by atoms with E-state index in [1.54, 1.807) is 18.2 Å². The molecule has 8 heteroatoms. The van der Waals surface area contributed by atoms with Crippen LogP contribution in [0.1, 0.15) is 54.6 Å². The number of hydrogen-bond donors (Lipinski definition) is 1. The Balaban J connectivity index is 1.38. The molecule has 1 amide bonds. The molecule has 0 spiro atoms. The minimum absolute atomic E-state index is 0.0821. The number of nitrogens with zero attached hydrogens (tertiary/aromatic N) is 2. The van der Waals surface area contributed by atoms with Gasteiger partial charge >= 0.3 is 0 Å². The van der Waals surface area contributed by atoms with Crippen LogP contribution in [0.5, 0.6) is 0 Å². The molecule has 0 aromatic heterocycles. The third-order valence-electron chi connectivity index (χ3n) is 6.44. The molecule has 2 unspecified atom stereocenters. The van der Waals surface area contributed by atoms with Gasteiger partial charge in [0, 0.05) is 39.3 Å². The van der Waals surface area contributed by atoms with Crippen molar-refractivity contribution in [2.45, 2.75) is 63.3 Å². The summed E-state index contributed by atoms with van der Waals surface area (Å²) >= 11 is 0. The molecule has 2 saturated heterocycles. The minimum Gasteiger partial charge on any atom is -0.373 e. The molecule has 2 aromatic carbocycles. The second kappa shape index (κ2) is 11.0. The van der Waals surface area contributed by atoms with E-state index in [2.05, 4.69) is 36.2 Å². The van der Waals surface area contributed by atoms with Gasteiger partial charge in [0.15, 0.2) is 0 Å². The molecule has 2 fully saturated rings. The van der Waals surface area contributed by atoms with Gasteiger partial charge in [-0.2, -0.15) is 4.31 Å². The van der Waals surface area contributed by atoms with E-state index in [4.69, 9.17) is 4.74 Å². The zero-order valence-electron chi connectivity index (χ0n) is 20.1. The van der Waals surface area contributed by atoms with Crippen molar-refractivity contribution in [1.29, 1.82) is 0 Å². The molecule has 0 radical (unpaired) electrons. The molecular formula is C26H35N3O4S. The largest absolute Gasteiger partial charge is 0.373 e. The Labute approximate surface area is 203 Å². The van der Waals surface area contributed by atoms with Crippen LogP contribution in [0.4, 0.5) is 0 Å². The van der Waals surface area contributed by atoms with Crippen LogP contribution in [-0.4, -0.2) is 61.9 Å². The second-order valence-corrected chi connectivity index (χ2v) is 11.3. The highest BCUT2D eigenvalue weighted by Crippen LogP contribution is 2.24. The number of sulfonamides is 1. The van der Waals surface area contributed by atoms with Crippen molar-refractivity contribution in [3.63, 3.8) is 0 Å². The molecule has 2 aromatic rings. The first-order chi connectivity index (χ1) is 16.3. The molecule has 2 heterocycles. The molecule has 2 aliphatic heterocycles. The Hall–Kier alpha value is -2.26. The third-order valence-corrected chi connectivity index (χ3v) is 8.40. The van der Waals surface area contributed by atoms with Crippen molar-refractivity contribution in [1.82, 2.24) is 14.5 Å². The molecule has 1 N–H and O–H groups in total. The van der Waals surface area contributed by atoms with Crippen LogP contribution in [0.15, 0.2) is 53.4 Å². The smallest absolute Gasteiger partial charge is 0.252 e. The van der Waals surface area contributed by atoms with Gasteiger partial charge in [0.05, 0.1) is 22.7 Å². The fraction of sp³-hybridized carbons (Fsp3) is 0.500. The highest BCUT2D eigenvalue weighted by atomic mass is 32.2. The van der Waals surface area contributed by atoms with E-state index in [1.807, 2.05) is 12.1 Å². The first kappa shape index (κ1) is 24.9. The lowest BCUT2D eigenvalue weighted by Crippen LogP contribution is -2.44. The van der Waals surface area contributed by atoms with E-state index in [-0.39, 0.29) is 28.6 Å². The zero-order valence-corrected chi connectivity index (χ0v) is 20.9. The molecule has 2 atom stereocenters. The SMILES string of the molecule is CC1CN(Cc2ccc(CNC(=O)c3ccccc3S(=O)(=O)N3CCCCC3)cc2)CC(C)O1. The average molecular weight is 486 g/mol. The van der Waals surface area contributed by atoms with Crippen molar-refractivity contribution in [2.75, 3.05) is 26.2 Å². The predicted molar refractivity (Wildman–Crippen MR) is 132 cm³/mol. The number of piperidine rings is 1. The fourth-order valence-electron chi connectivity index (χ4n) is 4.84. The number of amides is 1. The van der Waals surface area contributed by atoms with Crippen molar-refractivity contribution in [3.05, 3.63) is 65.2 Å². The van der Waals surface area contributed by atoms with Crippen molar-refractivity contribution in [2.24, 2.45) is 0 Å². The topological polar surface area (TPSA) is 79.0 Å². The van der Waals surface area contributed by atoms with E-state index < -0.39 is 10.0 Å². The highest BCUT2D eigenvalue weighted by Gasteiger charge is 2.29. The van der Waals surface area contributed by atoms with Gasteiger partial charge < -0.3 is 10.1 Å². The van der Waals surface area contributed by atoms with Crippen LogP contribution in [-0.2, 0) is 27.8 Å². The first-order valence-electron chi connectivity index (χ1n) is 12.2. The van der Waals surface area contributed by atoms with Gasteiger partial charge in [0.25, 0.3) is 5.91 Å². The maximum atomic E-state index is 13.2. The van der Waals surface area contributed by atoms with Gasteiger partial charge in [0.2, 0.25) is 10.0 Å². The van der Waals surface area contributed by atoms with Gasteiger partial charge in [-0.15, -0.1) is 0 Å². The maximum Gasteiger partial charge on any atom is 0.252 e. The minimum atomic E-state index is -3.69. The van der Waals surface area contributed by atoms with Crippen molar-refractivity contribution >= 4 is 15.9 Å². The lowest BCUT2D eigenvalue weighted by atomic mass is 10.1. The molecule has 7 nitrogen and oxygen atoms in total. The van der Waals surface area contributed by atoms with Gasteiger partial charge in [-0.3, -0.25) is 9.69 Å². The number of benzene rings is 2. The van der Waals surface area contributed by atoms with Crippen molar-refractivity contribution in [3.8, 4) is 0 Å². The summed E-state index contributed by atoms with van der Waals surface area (Å²) in [5, 5.41) is 2.89. The summed E-state index contributed by atoms with van der Waals surface area (Å²) in [5.41, 5.74) is 2.38. The highest BCUT2D eigenvalue weighted by molar-refractivity contribution is 7.89. The standard InChI is InChI=1S/C26H35N3O4S/c1-20-17-28(18-21(2)33-20)19-23-12-10-22(11-13-23)16-27-26(30)24-8-4-5-9-25(24)34(31,32)29-14-6-3-7-15-29/h4-5,8-13,20-21H,3,6-7,14-19H2,1-2H3,(H,27,30). The van der Waals surface area contributed by atoms with E-state index in [1.165, 1.54) is 15.9 Å². The van der Waals surface area contributed by atoms with Crippen LogP contribution in [0.3, 0.4) is 0 Å². The molecule has 0 bridgehead atoms. The predicted octanol–water partition coefficient (Wildman–Crippen LogP) is 3.40. The normalized spacial score (nSPS) is 22.4. The summed E-state index contributed by atoms with van der Waals surface area (Å²) in [6, 6.07) is 14.7. The van der Waals surface area contributed by atoms with E-state index >= 15 is 0 Å². The first-order valence-corrected chi connectivity index (χ1v) is 13.6. The van der Waals surface area contributed by atoms with Gasteiger partial charge in [-0.25, -0.2) is 8.42 Å². The Morgan fingerprint density at radius 3 is 2.24 bits per heavy atom. The van der Waals surface area contributed by atoms with E-state index in [9.17, 15) is 13.2 Å². The summed E-state index contributed by atoms with van der Waals surface area (Å²) in [5.74, 6) is -0.378. The van der Waals surface area contributed by atoms with Gasteiger partial charge in [-0.1, -0.05) is 42.8 Å². The number of rotatable bonds is 7. The quantitative estimate of drug-likeness (QED) is 0.650. The van der Waals surface area contributed by atoms with Crippen LogP contribution in [0, 0.1) is 0 Å². The Morgan fingerprint density at radius 2 is 1.56 bits per heavy atom. The monoisotopic (exact) mass is 485 g/mol. The maximum absolute atomic E-state index is 13.2. The van der Waals surface area contributed by atoms with E-state index in [0.29, 0.717) is 19.6 Å².